The van der Waals surface area contributed by atoms with E-state index in [0.29, 0.717) is 12.3 Å². The molecule has 3 rings (SSSR count). The maximum Gasteiger partial charge on any atom is 0.224 e. The van der Waals surface area contributed by atoms with Crippen LogP contribution in [0.3, 0.4) is 0 Å². The van der Waals surface area contributed by atoms with E-state index in [-0.39, 0.29) is 6.04 Å². The summed E-state index contributed by atoms with van der Waals surface area (Å²) in [6, 6.07) is 8.72. The lowest BCUT2D eigenvalue weighted by Crippen LogP contribution is -2.39. The average Bonchev–Trinajstić information content (AvgIpc) is 2.48. The van der Waals surface area contributed by atoms with Crippen molar-refractivity contribution in [3.8, 4) is 0 Å². The molecule has 0 aliphatic carbocycles. The van der Waals surface area contributed by atoms with E-state index in [4.69, 9.17) is 0 Å². The van der Waals surface area contributed by atoms with Gasteiger partial charge in [-0.3, -0.25) is 4.79 Å². The van der Waals surface area contributed by atoms with Gasteiger partial charge in [0.2, 0.25) is 5.91 Å². The number of amides is 1. The summed E-state index contributed by atoms with van der Waals surface area (Å²) in [7, 11) is 0. The molecule has 2 heterocycles. The number of carbonyl (C=O) groups excluding carboxylic acids is 1. The molecule has 19 heavy (non-hydrogen) atoms. The number of nitrogens with one attached hydrogen (secondary N) is 1. The number of piperidine rings is 1. The zero-order chi connectivity index (χ0) is 13.1. The maximum atomic E-state index is 12.4. The molecule has 0 bridgehead atoms. The van der Waals surface area contributed by atoms with Crippen LogP contribution >= 0.6 is 0 Å². The van der Waals surface area contributed by atoms with E-state index in [2.05, 4.69) is 29.6 Å². The summed E-state index contributed by atoms with van der Waals surface area (Å²) in [4.78, 5) is 14.4. The van der Waals surface area contributed by atoms with Crippen molar-refractivity contribution in [2.24, 2.45) is 0 Å². The van der Waals surface area contributed by atoms with Crippen LogP contribution in [0.25, 0.3) is 0 Å². The Labute approximate surface area is 115 Å². The highest BCUT2D eigenvalue weighted by Gasteiger charge is 2.24. The second-order valence-electron chi connectivity index (χ2n) is 5.60. The number of hydrogen-bond donors (Lipinski definition) is 1. The Hall–Kier alpha value is -1.35. The van der Waals surface area contributed by atoms with Crippen molar-refractivity contribution in [2.45, 2.75) is 38.1 Å². The third kappa shape index (κ3) is 2.81. The molecule has 0 spiro atoms. The van der Waals surface area contributed by atoms with Crippen LogP contribution in [-0.4, -0.2) is 30.4 Å². The van der Waals surface area contributed by atoms with E-state index in [1.165, 1.54) is 30.4 Å². The quantitative estimate of drug-likeness (QED) is 0.882. The van der Waals surface area contributed by atoms with Gasteiger partial charge in [-0.15, -0.1) is 0 Å². The Balaban J connectivity index is 1.68. The largest absolute Gasteiger partial charge is 0.343 e. The summed E-state index contributed by atoms with van der Waals surface area (Å²) in [6.45, 7) is 2.88. The maximum absolute atomic E-state index is 12.4. The van der Waals surface area contributed by atoms with Crippen molar-refractivity contribution in [1.82, 2.24) is 10.2 Å². The van der Waals surface area contributed by atoms with Crippen LogP contribution in [0.15, 0.2) is 24.3 Å². The molecular formula is C16H22N2O. The Morgan fingerprint density at radius 3 is 2.84 bits per heavy atom. The van der Waals surface area contributed by atoms with Crippen molar-refractivity contribution in [1.29, 1.82) is 0 Å². The molecule has 0 radical (unpaired) electrons. The van der Waals surface area contributed by atoms with Crippen molar-refractivity contribution in [3.05, 3.63) is 35.4 Å². The molecule has 1 atom stereocenters. The summed E-state index contributed by atoms with van der Waals surface area (Å²) in [5.74, 6) is 0.314. The minimum absolute atomic E-state index is 0.208. The number of rotatable bonds is 2. The zero-order valence-electron chi connectivity index (χ0n) is 11.4. The lowest BCUT2D eigenvalue weighted by atomic mass is 9.92. The van der Waals surface area contributed by atoms with Crippen molar-refractivity contribution < 1.29 is 4.79 Å². The molecule has 3 heteroatoms. The van der Waals surface area contributed by atoms with Gasteiger partial charge < -0.3 is 10.2 Å². The first kappa shape index (κ1) is 12.7. The molecular weight excluding hydrogens is 236 g/mol. The lowest BCUT2D eigenvalue weighted by Gasteiger charge is -2.31. The number of carbonyl (C=O) groups is 1. The highest BCUT2D eigenvalue weighted by molar-refractivity contribution is 5.77. The van der Waals surface area contributed by atoms with E-state index in [1.807, 2.05) is 4.90 Å². The van der Waals surface area contributed by atoms with Gasteiger partial charge >= 0.3 is 0 Å². The average molecular weight is 258 g/mol. The summed E-state index contributed by atoms with van der Waals surface area (Å²) < 4.78 is 0. The fourth-order valence-electron chi connectivity index (χ4n) is 3.22. The van der Waals surface area contributed by atoms with Crippen molar-refractivity contribution in [2.75, 3.05) is 19.6 Å². The SMILES string of the molecule is O=C(CC1NCCc2ccccc21)N1CCCCC1. The second kappa shape index (κ2) is 5.74. The third-order valence-electron chi connectivity index (χ3n) is 4.30. The molecule has 1 fully saturated rings. The molecule has 0 saturated carbocycles. The smallest absolute Gasteiger partial charge is 0.224 e. The van der Waals surface area contributed by atoms with E-state index < -0.39 is 0 Å². The predicted octanol–water partition coefficient (Wildman–Crippen LogP) is 2.28. The molecule has 1 N–H and O–H groups in total. The van der Waals surface area contributed by atoms with Gasteiger partial charge in [0.1, 0.15) is 0 Å². The van der Waals surface area contributed by atoms with Crippen LogP contribution in [0.4, 0.5) is 0 Å². The monoisotopic (exact) mass is 258 g/mol. The van der Waals surface area contributed by atoms with Crippen LogP contribution < -0.4 is 5.32 Å². The minimum Gasteiger partial charge on any atom is -0.343 e. The van der Waals surface area contributed by atoms with Gasteiger partial charge in [0, 0.05) is 25.6 Å². The Bertz CT molecular complexity index is 452. The van der Waals surface area contributed by atoms with Crippen LogP contribution in [0, 0.1) is 0 Å². The first-order chi connectivity index (χ1) is 9.34. The molecule has 1 aromatic carbocycles. The standard InChI is InChI=1S/C16H22N2O/c19-16(18-10-4-1-5-11-18)12-15-14-7-3-2-6-13(14)8-9-17-15/h2-3,6-7,15,17H,1,4-5,8-12H2. The van der Waals surface area contributed by atoms with Gasteiger partial charge in [-0.05, 0) is 43.4 Å². The molecule has 2 aliphatic heterocycles. The summed E-state index contributed by atoms with van der Waals surface area (Å²) in [5.41, 5.74) is 2.72. The van der Waals surface area contributed by atoms with Crippen LogP contribution in [0.1, 0.15) is 42.9 Å². The number of hydrogen-bond acceptors (Lipinski definition) is 2. The Morgan fingerprint density at radius 1 is 1.21 bits per heavy atom. The Morgan fingerprint density at radius 2 is 2.00 bits per heavy atom. The molecule has 3 nitrogen and oxygen atoms in total. The van der Waals surface area contributed by atoms with Crippen molar-refractivity contribution >= 4 is 5.91 Å². The molecule has 1 amide bonds. The summed E-state index contributed by atoms with van der Waals surface area (Å²) in [5, 5.41) is 3.50. The predicted molar refractivity (Wildman–Crippen MR) is 75.9 cm³/mol. The van der Waals surface area contributed by atoms with E-state index in [9.17, 15) is 4.79 Å². The van der Waals surface area contributed by atoms with Gasteiger partial charge in [-0.2, -0.15) is 0 Å². The van der Waals surface area contributed by atoms with Crippen LogP contribution in [0.2, 0.25) is 0 Å². The van der Waals surface area contributed by atoms with Gasteiger partial charge in [0.25, 0.3) is 0 Å². The number of fused-ring (bicyclic) bond motifs is 1. The van der Waals surface area contributed by atoms with Crippen molar-refractivity contribution in [3.63, 3.8) is 0 Å². The van der Waals surface area contributed by atoms with E-state index in [1.54, 1.807) is 0 Å². The topological polar surface area (TPSA) is 32.3 Å². The summed E-state index contributed by atoms with van der Waals surface area (Å²) >= 11 is 0. The highest BCUT2D eigenvalue weighted by atomic mass is 16.2. The molecule has 1 aromatic rings. The zero-order valence-corrected chi connectivity index (χ0v) is 11.4. The summed E-state index contributed by atoms with van der Waals surface area (Å²) in [6.07, 6.45) is 5.29. The minimum atomic E-state index is 0.208. The van der Waals surface area contributed by atoms with Crippen LogP contribution in [0.5, 0.6) is 0 Å². The van der Waals surface area contributed by atoms with Gasteiger partial charge in [0.05, 0.1) is 0 Å². The second-order valence-corrected chi connectivity index (χ2v) is 5.60. The van der Waals surface area contributed by atoms with E-state index in [0.717, 1.165) is 26.1 Å². The number of likely N-dealkylation sites (tertiary alicyclic amines) is 1. The molecule has 1 unspecified atom stereocenters. The van der Waals surface area contributed by atoms with E-state index >= 15 is 0 Å². The molecule has 1 saturated heterocycles. The third-order valence-corrected chi connectivity index (χ3v) is 4.30. The first-order valence-electron chi connectivity index (χ1n) is 7.43. The normalized spacial score (nSPS) is 22.9. The number of nitrogens with zero attached hydrogens (tertiary/aromatic N) is 1. The molecule has 2 aliphatic rings. The fraction of sp³-hybridized carbons (Fsp3) is 0.562. The highest BCUT2D eigenvalue weighted by Crippen LogP contribution is 2.26. The molecule has 102 valence electrons. The Kier molecular flexibility index (Phi) is 3.83. The van der Waals surface area contributed by atoms with Gasteiger partial charge in [-0.1, -0.05) is 24.3 Å². The lowest BCUT2D eigenvalue weighted by molar-refractivity contribution is -0.132. The fourth-order valence-corrected chi connectivity index (χ4v) is 3.22. The molecule has 0 aromatic heterocycles. The first-order valence-corrected chi connectivity index (χ1v) is 7.43. The van der Waals surface area contributed by atoms with Gasteiger partial charge in [0.15, 0.2) is 0 Å². The number of benzene rings is 1. The van der Waals surface area contributed by atoms with Gasteiger partial charge in [-0.25, -0.2) is 0 Å². The van der Waals surface area contributed by atoms with Crippen LogP contribution in [-0.2, 0) is 11.2 Å².